The number of hydrogen-bond acceptors (Lipinski definition) is 3. The Morgan fingerprint density at radius 2 is 2.11 bits per heavy atom. The van der Waals surface area contributed by atoms with Crippen molar-refractivity contribution in [2.24, 2.45) is 0 Å². The highest BCUT2D eigenvalue weighted by molar-refractivity contribution is 7.23. The van der Waals surface area contributed by atoms with Crippen molar-refractivity contribution in [1.82, 2.24) is 9.38 Å². The van der Waals surface area contributed by atoms with Gasteiger partial charge in [0.15, 0.2) is 4.96 Å². The maximum Gasteiger partial charge on any atom is 0.335 e. The van der Waals surface area contributed by atoms with Gasteiger partial charge in [0.2, 0.25) is 0 Å². The van der Waals surface area contributed by atoms with Crippen LogP contribution in [-0.4, -0.2) is 20.5 Å². The number of carbonyl (C=O) groups is 1. The fourth-order valence-electron chi connectivity index (χ4n) is 2.00. The van der Waals surface area contributed by atoms with E-state index in [4.69, 9.17) is 5.11 Å². The molecule has 0 saturated heterocycles. The summed E-state index contributed by atoms with van der Waals surface area (Å²) in [5, 5.41) is 9.00. The number of aromatic nitrogens is 2. The summed E-state index contributed by atoms with van der Waals surface area (Å²) in [6.07, 6.45) is 2.04. The van der Waals surface area contributed by atoms with E-state index in [1.54, 1.807) is 12.1 Å². The lowest BCUT2D eigenvalue weighted by atomic mass is 9.93. The van der Waals surface area contributed by atoms with Crippen molar-refractivity contribution < 1.29 is 9.90 Å². The molecule has 0 saturated carbocycles. The Morgan fingerprint density at radius 1 is 1.37 bits per heavy atom. The van der Waals surface area contributed by atoms with E-state index in [0.717, 1.165) is 20.9 Å². The second-order valence-electron chi connectivity index (χ2n) is 5.62. The molecule has 0 fully saturated rings. The molecule has 0 spiro atoms. The number of rotatable bonds is 1. The molecule has 0 aliphatic carbocycles. The Balaban J connectivity index is 2.25. The minimum atomic E-state index is -0.900. The molecular formula is C14H14N2O2S. The predicted molar refractivity (Wildman–Crippen MR) is 76.2 cm³/mol. The molecule has 0 bridgehead atoms. The number of thiazole rings is 1. The third-order valence-corrected chi connectivity index (χ3v) is 4.13. The van der Waals surface area contributed by atoms with E-state index in [1.165, 1.54) is 11.3 Å². The molecule has 5 heteroatoms. The number of fused-ring (bicyclic) bond motifs is 3. The summed E-state index contributed by atoms with van der Waals surface area (Å²) in [4.78, 5) is 16.5. The van der Waals surface area contributed by atoms with Gasteiger partial charge in [-0.05, 0) is 18.2 Å². The molecule has 0 aliphatic heterocycles. The number of carboxylic acids is 1. The van der Waals surface area contributed by atoms with Crippen molar-refractivity contribution in [3.8, 4) is 0 Å². The lowest BCUT2D eigenvalue weighted by molar-refractivity contribution is 0.0697. The first-order valence-corrected chi connectivity index (χ1v) is 6.83. The molecule has 98 valence electrons. The third kappa shape index (κ3) is 1.90. The van der Waals surface area contributed by atoms with Crippen LogP contribution in [0.4, 0.5) is 0 Å². The number of imidazole rings is 1. The van der Waals surface area contributed by atoms with Crippen molar-refractivity contribution in [2.75, 3.05) is 0 Å². The highest BCUT2D eigenvalue weighted by atomic mass is 32.1. The van der Waals surface area contributed by atoms with Crippen molar-refractivity contribution >= 4 is 32.5 Å². The Bertz CT molecular complexity index is 793. The van der Waals surface area contributed by atoms with Gasteiger partial charge in [0, 0.05) is 11.6 Å². The fourth-order valence-corrected chi connectivity index (χ4v) is 3.04. The molecule has 0 amide bonds. The number of aromatic carboxylic acids is 1. The molecule has 2 heterocycles. The van der Waals surface area contributed by atoms with Crippen LogP contribution in [0.1, 0.15) is 36.8 Å². The summed E-state index contributed by atoms with van der Waals surface area (Å²) in [6.45, 7) is 6.39. The van der Waals surface area contributed by atoms with Crippen LogP contribution in [0.2, 0.25) is 0 Å². The van der Waals surface area contributed by atoms with Crippen molar-refractivity contribution in [3.05, 3.63) is 35.7 Å². The summed E-state index contributed by atoms with van der Waals surface area (Å²) in [5.74, 6) is -0.900. The number of nitrogens with zero attached hydrogens (tertiary/aromatic N) is 2. The van der Waals surface area contributed by atoms with Crippen LogP contribution in [0.3, 0.4) is 0 Å². The number of benzene rings is 1. The standard InChI is InChI=1S/C14H14N2O2S/c1-14(2,3)11-7-16-9-5-4-8(12(17)18)6-10(9)19-13(16)15-11/h4-7H,1-3H3,(H,17,18). The van der Waals surface area contributed by atoms with Gasteiger partial charge in [0.25, 0.3) is 0 Å². The predicted octanol–water partition coefficient (Wildman–Crippen LogP) is 3.54. The maximum absolute atomic E-state index is 11.0. The molecule has 0 radical (unpaired) electrons. The Labute approximate surface area is 114 Å². The SMILES string of the molecule is CC(C)(C)c1cn2c(n1)sc1cc(C(=O)O)ccc12. The summed E-state index contributed by atoms with van der Waals surface area (Å²) in [6, 6.07) is 5.18. The second-order valence-corrected chi connectivity index (χ2v) is 6.63. The molecule has 1 N–H and O–H groups in total. The summed E-state index contributed by atoms with van der Waals surface area (Å²) in [7, 11) is 0. The average molecular weight is 274 g/mol. The molecule has 1 aromatic carbocycles. The molecule has 4 nitrogen and oxygen atoms in total. The lowest BCUT2D eigenvalue weighted by Gasteiger charge is -2.13. The largest absolute Gasteiger partial charge is 0.478 e. The van der Waals surface area contributed by atoms with E-state index in [2.05, 4.69) is 25.8 Å². The van der Waals surface area contributed by atoms with Gasteiger partial charge in [-0.1, -0.05) is 32.1 Å². The second kappa shape index (κ2) is 3.81. The molecule has 19 heavy (non-hydrogen) atoms. The topological polar surface area (TPSA) is 54.6 Å². The molecule has 0 atom stereocenters. The summed E-state index contributed by atoms with van der Waals surface area (Å²) >= 11 is 1.52. The van der Waals surface area contributed by atoms with Crippen molar-refractivity contribution in [2.45, 2.75) is 26.2 Å². The Kier molecular flexibility index (Phi) is 2.44. The van der Waals surface area contributed by atoms with Crippen molar-refractivity contribution in [3.63, 3.8) is 0 Å². The lowest BCUT2D eigenvalue weighted by Crippen LogP contribution is -2.11. The minimum absolute atomic E-state index is 0.0130. The van der Waals surface area contributed by atoms with Gasteiger partial charge in [-0.2, -0.15) is 0 Å². The third-order valence-electron chi connectivity index (χ3n) is 3.11. The van der Waals surface area contributed by atoms with Crippen LogP contribution in [0.15, 0.2) is 24.4 Å². The van der Waals surface area contributed by atoms with E-state index in [-0.39, 0.29) is 5.41 Å². The quantitative estimate of drug-likeness (QED) is 0.738. The van der Waals surface area contributed by atoms with Gasteiger partial charge in [-0.15, -0.1) is 0 Å². The van der Waals surface area contributed by atoms with Gasteiger partial charge in [-0.25, -0.2) is 9.78 Å². The zero-order chi connectivity index (χ0) is 13.8. The van der Waals surface area contributed by atoms with Crippen LogP contribution in [-0.2, 0) is 5.41 Å². The zero-order valence-electron chi connectivity index (χ0n) is 11.0. The fraction of sp³-hybridized carbons (Fsp3) is 0.286. The zero-order valence-corrected chi connectivity index (χ0v) is 11.8. The highest BCUT2D eigenvalue weighted by Gasteiger charge is 2.19. The van der Waals surface area contributed by atoms with E-state index >= 15 is 0 Å². The molecule has 3 aromatic rings. The van der Waals surface area contributed by atoms with Crippen LogP contribution in [0.5, 0.6) is 0 Å². The highest BCUT2D eigenvalue weighted by Crippen LogP contribution is 2.30. The van der Waals surface area contributed by atoms with Crippen molar-refractivity contribution in [1.29, 1.82) is 0 Å². The number of hydrogen-bond donors (Lipinski definition) is 1. The van der Waals surface area contributed by atoms with E-state index in [1.807, 2.05) is 16.7 Å². The first-order chi connectivity index (χ1) is 8.86. The van der Waals surface area contributed by atoms with Gasteiger partial charge >= 0.3 is 5.97 Å². The first kappa shape index (κ1) is 12.2. The molecular weight excluding hydrogens is 260 g/mol. The normalized spacial score (nSPS) is 12.4. The molecule has 0 aliphatic rings. The van der Waals surface area contributed by atoms with Crippen LogP contribution >= 0.6 is 11.3 Å². The summed E-state index contributed by atoms with van der Waals surface area (Å²) in [5.41, 5.74) is 2.38. The molecule has 2 aromatic heterocycles. The first-order valence-electron chi connectivity index (χ1n) is 6.02. The van der Waals surface area contributed by atoms with Gasteiger partial charge < -0.3 is 5.11 Å². The van der Waals surface area contributed by atoms with E-state index < -0.39 is 5.97 Å². The monoisotopic (exact) mass is 274 g/mol. The smallest absolute Gasteiger partial charge is 0.335 e. The Morgan fingerprint density at radius 3 is 2.74 bits per heavy atom. The average Bonchev–Trinajstić information content (AvgIpc) is 2.83. The molecule has 0 unspecified atom stereocenters. The maximum atomic E-state index is 11.0. The van der Waals surface area contributed by atoms with Crippen LogP contribution in [0.25, 0.3) is 15.2 Å². The minimum Gasteiger partial charge on any atom is -0.478 e. The van der Waals surface area contributed by atoms with Gasteiger partial charge in [0.1, 0.15) is 0 Å². The van der Waals surface area contributed by atoms with Gasteiger partial charge in [-0.3, -0.25) is 4.40 Å². The van der Waals surface area contributed by atoms with Crippen LogP contribution in [0, 0.1) is 0 Å². The summed E-state index contributed by atoms with van der Waals surface area (Å²) < 4.78 is 2.98. The number of carboxylic acid groups (broad SMARTS) is 1. The Hall–Kier alpha value is -1.88. The van der Waals surface area contributed by atoms with Crippen LogP contribution < -0.4 is 0 Å². The molecule has 3 rings (SSSR count). The van der Waals surface area contributed by atoms with E-state index in [9.17, 15) is 4.79 Å². The van der Waals surface area contributed by atoms with Gasteiger partial charge in [0.05, 0.1) is 21.5 Å². The van der Waals surface area contributed by atoms with E-state index in [0.29, 0.717) is 5.56 Å².